The number of para-hydroxylation sites is 1. The van der Waals surface area contributed by atoms with E-state index in [0.717, 1.165) is 47.7 Å². The fourth-order valence-electron chi connectivity index (χ4n) is 2.66. The number of halogens is 1. The van der Waals surface area contributed by atoms with Crippen LogP contribution in [0.1, 0.15) is 22.3 Å². The Morgan fingerprint density at radius 2 is 1.81 bits per heavy atom. The predicted molar refractivity (Wildman–Crippen MR) is 82.0 cm³/mol. The van der Waals surface area contributed by atoms with Crippen LogP contribution in [0.25, 0.3) is 10.9 Å². The Hall–Kier alpha value is -2.42. The number of benzene rings is 2. The summed E-state index contributed by atoms with van der Waals surface area (Å²) in [6.45, 7) is 0.839. The summed E-state index contributed by atoms with van der Waals surface area (Å²) >= 11 is 0. The number of aromatic nitrogens is 1. The molecule has 1 heterocycles. The first-order valence-electron chi connectivity index (χ1n) is 7.05. The summed E-state index contributed by atoms with van der Waals surface area (Å²) in [6, 6.07) is 14.5. The molecule has 0 aliphatic rings. The lowest BCUT2D eigenvalue weighted by molar-refractivity contribution is 0.112. The van der Waals surface area contributed by atoms with Crippen LogP contribution in [0.5, 0.6) is 0 Å². The van der Waals surface area contributed by atoms with Crippen molar-refractivity contribution < 1.29 is 9.18 Å². The summed E-state index contributed by atoms with van der Waals surface area (Å²) in [5.41, 5.74) is 2.94. The highest BCUT2D eigenvalue weighted by Gasteiger charge is 2.06. The molecule has 3 rings (SSSR count). The molecule has 0 radical (unpaired) electrons. The number of rotatable bonds is 5. The first-order chi connectivity index (χ1) is 10.3. The molecule has 0 bridgehead atoms. The standard InChI is InChI=1S/C18H16FNO/c19-16-9-7-14(8-10-16)4-3-11-20-12-15(13-21)17-5-1-2-6-18(17)20/h1-2,5-10,12-13H,3-4,11H2. The monoisotopic (exact) mass is 281 g/mol. The van der Waals surface area contributed by atoms with E-state index in [4.69, 9.17) is 0 Å². The first kappa shape index (κ1) is 13.6. The van der Waals surface area contributed by atoms with Crippen LogP contribution in [-0.2, 0) is 13.0 Å². The molecule has 0 saturated heterocycles. The summed E-state index contributed by atoms with van der Waals surface area (Å²) in [6.07, 6.45) is 4.65. The lowest BCUT2D eigenvalue weighted by Gasteiger charge is -2.05. The molecule has 0 atom stereocenters. The number of fused-ring (bicyclic) bond motifs is 1. The molecule has 21 heavy (non-hydrogen) atoms. The third-order valence-electron chi connectivity index (χ3n) is 3.72. The van der Waals surface area contributed by atoms with E-state index < -0.39 is 0 Å². The Labute approximate surface area is 122 Å². The van der Waals surface area contributed by atoms with Crippen molar-refractivity contribution in [2.75, 3.05) is 0 Å². The van der Waals surface area contributed by atoms with E-state index in [2.05, 4.69) is 4.57 Å². The minimum Gasteiger partial charge on any atom is -0.347 e. The maximum atomic E-state index is 12.9. The minimum absolute atomic E-state index is 0.203. The highest BCUT2D eigenvalue weighted by molar-refractivity contribution is 5.97. The number of nitrogens with zero attached hydrogens (tertiary/aromatic N) is 1. The molecule has 3 aromatic rings. The van der Waals surface area contributed by atoms with Gasteiger partial charge < -0.3 is 4.57 Å². The van der Waals surface area contributed by atoms with Crippen molar-refractivity contribution in [2.24, 2.45) is 0 Å². The predicted octanol–water partition coefficient (Wildman–Crippen LogP) is 4.23. The molecule has 0 fully saturated rings. The highest BCUT2D eigenvalue weighted by Crippen LogP contribution is 2.20. The number of aryl methyl sites for hydroxylation is 2. The van der Waals surface area contributed by atoms with Crippen LogP contribution in [-0.4, -0.2) is 10.9 Å². The zero-order chi connectivity index (χ0) is 14.7. The topological polar surface area (TPSA) is 22.0 Å². The van der Waals surface area contributed by atoms with E-state index in [0.29, 0.717) is 0 Å². The van der Waals surface area contributed by atoms with E-state index in [1.165, 1.54) is 12.1 Å². The zero-order valence-corrected chi connectivity index (χ0v) is 11.6. The molecule has 0 N–H and O–H groups in total. The molecular formula is C18H16FNO. The summed E-state index contributed by atoms with van der Waals surface area (Å²) in [5.74, 6) is -0.203. The van der Waals surface area contributed by atoms with Gasteiger partial charge in [-0.15, -0.1) is 0 Å². The van der Waals surface area contributed by atoms with Gasteiger partial charge in [0, 0.05) is 29.2 Å². The minimum atomic E-state index is -0.203. The smallest absolute Gasteiger partial charge is 0.152 e. The molecule has 2 nitrogen and oxygen atoms in total. The third-order valence-corrected chi connectivity index (χ3v) is 3.72. The quantitative estimate of drug-likeness (QED) is 0.642. The summed E-state index contributed by atoms with van der Waals surface area (Å²) in [7, 11) is 0. The summed E-state index contributed by atoms with van der Waals surface area (Å²) in [4.78, 5) is 11.1. The Morgan fingerprint density at radius 1 is 1.05 bits per heavy atom. The molecular weight excluding hydrogens is 265 g/mol. The van der Waals surface area contributed by atoms with Gasteiger partial charge in [0.15, 0.2) is 6.29 Å². The van der Waals surface area contributed by atoms with E-state index in [-0.39, 0.29) is 5.82 Å². The summed E-state index contributed by atoms with van der Waals surface area (Å²) in [5, 5.41) is 0.995. The van der Waals surface area contributed by atoms with Crippen molar-refractivity contribution in [1.82, 2.24) is 4.57 Å². The second kappa shape index (κ2) is 5.92. The van der Waals surface area contributed by atoms with Crippen molar-refractivity contribution in [3.05, 3.63) is 71.7 Å². The number of hydrogen-bond acceptors (Lipinski definition) is 1. The number of aldehydes is 1. The van der Waals surface area contributed by atoms with Crippen LogP contribution < -0.4 is 0 Å². The third kappa shape index (κ3) is 2.87. The van der Waals surface area contributed by atoms with Gasteiger partial charge in [-0.1, -0.05) is 30.3 Å². The Balaban J connectivity index is 1.73. The van der Waals surface area contributed by atoms with E-state index in [1.54, 1.807) is 0 Å². The molecule has 0 unspecified atom stereocenters. The van der Waals surface area contributed by atoms with Gasteiger partial charge in [-0.3, -0.25) is 4.79 Å². The van der Waals surface area contributed by atoms with Crippen LogP contribution in [0.4, 0.5) is 4.39 Å². The molecule has 3 heteroatoms. The fraction of sp³-hybridized carbons (Fsp3) is 0.167. The number of carbonyl (C=O) groups is 1. The fourth-order valence-corrected chi connectivity index (χ4v) is 2.66. The van der Waals surface area contributed by atoms with Gasteiger partial charge in [0.2, 0.25) is 0 Å². The maximum Gasteiger partial charge on any atom is 0.152 e. The molecule has 0 aliphatic carbocycles. The average Bonchev–Trinajstić information content (AvgIpc) is 2.88. The van der Waals surface area contributed by atoms with Crippen molar-refractivity contribution in [2.45, 2.75) is 19.4 Å². The second-order valence-corrected chi connectivity index (χ2v) is 5.14. The molecule has 0 amide bonds. The van der Waals surface area contributed by atoms with Gasteiger partial charge in [0.25, 0.3) is 0 Å². The van der Waals surface area contributed by atoms with Crippen LogP contribution in [0.2, 0.25) is 0 Å². The lowest BCUT2D eigenvalue weighted by atomic mass is 10.1. The maximum absolute atomic E-state index is 12.9. The van der Waals surface area contributed by atoms with Crippen molar-refractivity contribution in [3.63, 3.8) is 0 Å². The first-order valence-corrected chi connectivity index (χ1v) is 7.05. The zero-order valence-electron chi connectivity index (χ0n) is 11.6. The van der Waals surface area contributed by atoms with Crippen LogP contribution in [0.15, 0.2) is 54.7 Å². The van der Waals surface area contributed by atoms with Crippen LogP contribution in [0, 0.1) is 5.82 Å². The summed E-state index contributed by atoms with van der Waals surface area (Å²) < 4.78 is 15.0. The molecule has 1 aromatic heterocycles. The number of hydrogen-bond donors (Lipinski definition) is 0. The van der Waals surface area contributed by atoms with Gasteiger partial charge in [-0.05, 0) is 36.6 Å². The normalized spacial score (nSPS) is 10.9. The SMILES string of the molecule is O=Cc1cn(CCCc2ccc(F)cc2)c2ccccc12. The largest absolute Gasteiger partial charge is 0.347 e. The second-order valence-electron chi connectivity index (χ2n) is 5.14. The van der Waals surface area contributed by atoms with Gasteiger partial charge >= 0.3 is 0 Å². The van der Waals surface area contributed by atoms with Gasteiger partial charge in [0.1, 0.15) is 5.82 Å². The average molecular weight is 281 g/mol. The van der Waals surface area contributed by atoms with Crippen LogP contribution >= 0.6 is 0 Å². The molecule has 0 spiro atoms. The van der Waals surface area contributed by atoms with Crippen LogP contribution in [0.3, 0.4) is 0 Å². The molecule has 106 valence electrons. The Morgan fingerprint density at radius 3 is 2.57 bits per heavy atom. The molecule has 0 saturated carbocycles. The van der Waals surface area contributed by atoms with Crippen molar-refractivity contribution in [1.29, 1.82) is 0 Å². The molecule has 0 aliphatic heterocycles. The van der Waals surface area contributed by atoms with Gasteiger partial charge in [-0.25, -0.2) is 4.39 Å². The Kier molecular flexibility index (Phi) is 3.82. The van der Waals surface area contributed by atoms with Crippen molar-refractivity contribution in [3.8, 4) is 0 Å². The van der Waals surface area contributed by atoms with E-state index in [1.807, 2.05) is 42.6 Å². The highest BCUT2D eigenvalue weighted by atomic mass is 19.1. The van der Waals surface area contributed by atoms with Gasteiger partial charge in [0.05, 0.1) is 0 Å². The number of carbonyl (C=O) groups excluding carboxylic acids is 1. The van der Waals surface area contributed by atoms with E-state index >= 15 is 0 Å². The lowest BCUT2D eigenvalue weighted by Crippen LogP contribution is -1.98. The van der Waals surface area contributed by atoms with Gasteiger partial charge in [-0.2, -0.15) is 0 Å². The Bertz CT molecular complexity index is 758. The van der Waals surface area contributed by atoms with Crippen molar-refractivity contribution >= 4 is 17.2 Å². The van der Waals surface area contributed by atoms with E-state index in [9.17, 15) is 9.18 Å². The molecule has 2 aromatic carbocycles.